The lowest BCUT2D eigenvalue weighted by molar-refractivity contribution is -0.131. The van der Waals surface area contributed by atoms with Crippen LogP contribution in [0.3, 0.4) is 0 Å². The standard InChI is InChI=1S/C17H24O4/c1-17(2,3)9-10-20-11-12-21-15-6-4-5-14(13-15)7-8-16(18)19/h4-8,13H,9-12H2,1-3H3,(H,18,19). The van der Waals surface area contributed by atoms with E-state index < -0.39 is 5.97 Å². The molecule has 0 saturated heterocycles. The zero-order chi connectivity index (χ0) is 15.7. The molecule has 0 saturated carbocycles. The molecule has 0 heterocycles. The van der Waals surface area contributed by atoms with Crippen LogP contribution in [0, 0.1) is 5.41 Å². The van der Waals surface area contributed by atoms with Crippen molar-refractivity contribution in [2.24, 2.45) is 5.41 Å². The quantitative estimate of drug-likeness (QED) is 0.587. The van der Waals surface area contributed by atoms with E-state index in [9.17, 15) is 4.79 Å². The molecule has 0 atom stereocenters. The number of aliphatic carboxylic acids is 1. The fourth-order valence-corrected chi connectivity index (χ4v) is 1.57. The van der Waals surface area contributed by atoms with Crippen molar-refractivity contribution >= 4 is 12.0 Å². The van der Waals surface area contributed by atoms with Gasteiger partial charge < -0.3 is 14.6 Å². The summed E-state index contributed by atoms with van der Waals surface area (Å²) in [6, 6.07) is 7.30. The zero-order valence-corrected chi connectivity index (χ0v) is 13.0. The molecule has 0 fully saturated rings. The average molecular weight is 292 g/mol. The van der Waals surface area contributed by atoms with Crippen LogP contribution in [0.5, 0.6) is 5.75 Å². The van der Waals surface area contributed by atoms with Gasteiger partial charge in [-0.05, 0) is 35.6 Å². The van der Waals surface area contributed by atoms with Gasteiger partial charge in [0, 0.05) is 12.7 Å². The smallest absolute Gasteiger partial charge is 0.328 e. The molecule has 4 nitrogen and oxygen atoms in total. The van der Waals surface area contributed by atoms with Crippen molar-refractivity contribution in [1.82, 2.24) is 0 Å². The summed E-state index contributed by atoms with van der Waals surface area (Å²) in [5.74, 6) is -0.254. The molecule has 0 aliphatic rings. The predicted molar refractivity (Wildman–Crippen MR) is 83.5 cm³/mol. The van der Waals surface area contributed by atoms with Gasteiger partial charge in [-0.1, -0.05) is 32.9 Å². The SMILES string of the molecule is CC(C)(C)CCOCCOc1cccc(C=CC(=O)O)c1. The minimum absolute atomic E-state index is 0.283. The van der Waals surface area contributed by atoms with Crippen LogP contribution in [0.15, 0.2) is 30.3 Å². The Hall–Kier alpha value is -1.81. The summed E-state index contributed by atoms with van der Waals surface area (Å²) in [5.41, 5.74) is 1.08. The average Bonchev–Trinajstić information content (AvgIpc) is 2.40. The highest BCUT2D eigenvalue weighted by Crippen LogP contribution is 2.18. The number of carboxylic acid groups (broad SMARTS) is 1. The molecule has 1 rings (SSSR count). The van der Waals surface area contributed by atoms with E-state index in [1.807, 2.05) is 18.2 Å². The van der Waals surface area contributed by atoms with Gasteiger partial charge in [-0.3, -0.25) is 0 Å². The van der Waals surface area contributed by atoms with Gasteiger partial charge in [0.25, 0.3) is 0 Å². The number of rotatable bonds is 8. The number of hydrogen-bond acceptors (Lipinski definition) is 3. The van der Waals surface area contributed by atoms with Crippen LogP contribution in [0.2, 0.25) is 0 Å². The van der Waals surface area contributed by atoms with Gasteiger partial charge in [0.1, 0.15) is 12.4 Å². The summed E-state index contributed by atoms with van der Waals surface area (Å²) in [5, 5.41) is 8.59. The van der Waals surface area contributed by atoms with Gasteiger partial charge in [0.15, 0.2) is 0 Å². The Balaban J connectivity index is 2.29. The number of carboxylic acids is 1. The molecule has 0 aliphatic carbocycles. The first-order chi connectivity index (χ1) is 9.87. The number of carbonyl (C=O) groups is 1. The largest absolute Gasteiger partial charge is 0.491 e. The monoisotopic (exact) mass is 292 g/mol. The van der Waals surface area contributed by atoms with Crippen molar-refractivity contribution in [2.75, 3.05) is 19.8 Å². The van der Waals surface area contributed by atoms with E-state index in [2.05, 4.69) is 20.8 Å². The summed E-state index contributed by atoms with van der Waals surface area (Å²) in [6.07, 6.45) is 3.66. The zero-order valence-electron chi connectivity index (χ0n) is 13.0. The highest BCUT2D eigenvalue weighted by molar-refractivity contribution is 5.85. The van der Waals surface area contributed by atoms with Crippen molar-refractivity contribution in [3.63, 3.8) is 0 Å². The van der Waals surface area contributed by atoms with Crippen LogP contribution in [-0.4, -0.2) is 30.9 Å². The first-order valence-electron chi connectivity index (χ1n) is 7.08. The second-order valence-electron chi connectivity index (χ2n) is 6.02. The van der Waals surface area contributed by atoms with Gasteiger partial charge in [0.2, 0.25) is 0 Å². The molecule has 1 aromatic rings. The van der Waals surface area contributed by atoms with Gasteiger partial charge in [-0.2, -0.15) is 0 Å². The topological polar surface area (TPSA) is 55.8 Å². The van der Waals surface area contributed by atoms with E-state index in [0.29, 0.717) is 19.0 Å². The van der Waals surface area contributed by atoms with Crippen LogP contribution >= 0.6 is 0 Å². The van der Waals surface area contributed by atoms with Crippen LogP contribution in [0.25, 0.3) is 6.08 Å². The van der Waals surface area contributed by atoms with Crippen LogP contribution in [0.1, 0.15) is 32.8 Å². The van der Waals surface area contributed by atoms with E-state index in [-0.39, 0.29) is 5.41 Å². The molecule has 0 aliphatic heterocycles. The molecule has 0 unspecified atom stereocenters. The highest BCUT2D eigenvalue weighted by atomic mass is 16.5. The maximum Gasteiger partial charge on any atom is 0.328 e. The van der Waals surface area contributed by atoms with E-state index in [4.69, 9.17) is 14.6 Å². The normalized spacial score (nSPS) is 11.8. The molecule has 1 N–H and O–H groups in total. The third kappa shape index (κ3) is 8.87. The summed E-state index contributed by atoms with van der Waals surface area (Å²) in [6.45, 7) is 8.31. The number of hydrogen-bond donors (Lipinski definition) is 1. The fraction of sp³-hybridized carbons (Fsp3) is 0.471. The van der Waals surface area contributed by atoms with Crippen molar-refractivity contribution in [1.29, 1.82) is 0 Å². The summed E-state index contributed by atoms with van der Waals surface area (Å²) >= 11 is 0. The molecule has 0 radical (unpaired) electrons. The fourth-order valence-electron chi connectivity index (χ4n) is 1.57. The van der Waals surface area contributed by atoms with E-state index in [1.54, 1.807) is 6.07 Å². The predicted octanol–water partition coefficient (Wildman–Crippen LogP) is 3.62. The van der Waals surface area contributed by atoms with Gasteiger partial charge >= 0.3 is 5.97 Å². The third-order valence-corrected chi connectivity index (χ3v) is 2.77. The lowest BCUT2D eigenvalue weighted by Gasteiger charge is -2.17. The Morgan fingerprint density at radius 1 is 1.24 bits per heavy atom. The lowest BCUT2D eigenvalue weighted by Crippen LogP contribution is -2.12. The maximum atomic E-state index is 10.5. The van der Waals surface area contributed by atoms with Crippen molar-refractivity contribution in [3.05, 3.63) is 35.9 Å². The van der Waals surface area contributed by atoms with Crippen molar-refractivity contribution < 1.29 is 19.4 Å². The van der Waals surface area contributed by atoms with Crippen LogP contribution < -0.4 is 4.74 Å². The highest BCUT2D eigenvalue weighted by Gasteiger charge is 2.09. The number of benzene rings is 1. The molecule has 4 heteroatoms. The van der Waals surface area contributed by atoms with Crippen molar-refractivity contribution in [3.8, 4) is 5.75 Å². The minimum atomic E-state index is -0.964. The van der Waals surface area contributed by atoms with E-state index in [1.165, 1.54) is 6.08 Å². The Morgan fingerprint density at radius 3 is 2.67 bits per heavy atom. The van der Waals surface area contributed by atoms with Gasteiger partial charge in [-0.25, -0.2) is 4.79 Å². The molecule has 116 valence electrons. The summed E-state index contributed by atoms with van der Waals surface area (Å²) < 4.78 is 11.1. The van der Waals surface area contributed by atoms with Crippen molar-refractivity contribution in [2.45, 2.75) is 27.2 Å². The molecule has 0 amide bonds. The Kier molecular flexibility index (Phi) is 6.96. The van der Waals surface area contributed by atoms with E-state index in [0.717, 1.165) is 24.7 Å². The van der Waals surface area contributed by atoms with E-state index >= 15 is 0 Å². The Morgan fingerprint density at radius 2 is 2.00 bits per heavy atom. The second kappa shape index (κ2) is 8.47. The molecule has 0 aromatic heterocycles. The first-order valence-corrected chi connectivity index (χ1v) is 7.08. The molecule has 21 heavy (non-hydrogen) atoms. The molecule has 0 bridgehead atoms. The summed E-state index contributed by atoms with van der Waals surface area (Å²) in [4.78, 5) is 10.5. The summed E-state index contributed by atoms with van der Waals surface area (Å²) in [7, 11) is 0. The second-order valence-corrected chi connectivity index (χ2v) is 6.02. The lowest BCUT2D eigenvalue weighted by atomic mass is 9.93. The number of ether oxygens (including phenoxy) is 2. The van der Waals surface area contributed by atoms with Crippen LogP contribution in [-0.2, 0) is 9.53 Å². The Labute approximate surface area is 126 Å². The van der Waals surface area contributed by atoms with Gasteiger partial charge in [-0.15, -0.1) is 0 Å². The van der Waals surface area contributed by atoms with Crippen LogP contribution in [0.4, 0.5) is 0 Å². The molecular formula is C17H24O4. The molecular weight excluding hydrogens is 268 g/mol. The molecule has 0 spiro atoms. The molecule has 1 aromatic carbocycles. The maximum absolute atomic E-state index is 10.5. The first kappa shape index (κ1) is 17.2. The Bertz CT molecular complexity index is 472. The van der Waals surface area contributed by atoms with Gasteiger partial charge in [0.05, 0.1) is 6.61 Å². The minimum Gasteiger partial charge on any atom is -0.491 e. The third-order valence-electron chi connectivity index (χ3n) is 2.77.